The van der Waals surface area contributed by atoms with E-state index in [0.29, 0.717) is 33.7 Å². The van der Waals surface area contributed by atoms with Crippen molar-refractivity contribution in [3.8, 4) is 11.5 Å². The van der Waals surface area contributed by atoms with E-state index in [1.807, 2.05) is 36.4 Å². The molecule has 0 aromatic heterocycles. The molecule has 0 saturated carbocycles. The summed E-state index contributed by atoms with van der Waals surface area (Å²) in [4.78, 5) is 0. The van der Waals surface area contributed by atoms with Crippen LogP contribution in [0.1, 0.15) is 11.1 Å². The summed E-state index contributed by atoms with van der Waals surface area (Å²) < 4.78 is 25.3. The summed E-state index contributed by atoms with van der Waals surface area (Å²) in [5.74, 6) is 0.753. The highest BCUT2D eigenvalue weighted by Gasteiger charge is 2.13. The van der Waals surface area contributed by atoms with E-state index in [2.05, 4.69) is 21.2 Å². The van der Waals surface area contributed by atoms with Crippen LogP contribution in [0.3, 0.4) is 0 Å². The van der Waals surface area contributed by atoms with Crippen LogP contribution in [0.5, 0.6) is 11.5 Å². The molecule has 3 aromatic carbocycles. The molecule has 0 fully saturated rings. The van der Waals surface area contributed by atoms with Crippen molar-refractivity contribution in [2.24, 2.45) is 0 Å². The highest BCUT2D eigenvalue weighted by atomic mass is 79.9. The predicted molar refractivity (Wildman–Crippen MR) is 115 cm³/mol. The first-order valence-corrected chi connectivity index (χ1v) is 9.93. The molecule has 7 heteroatoms. The van der Waals surface area contributed by atoms with Gasteiger partial charge in [-0.05, 0) is 70.0 Å². The van der Waals surface area contributed by atoms with Gasteiger partial charge in [-0.3, -0.25) is 0 Å². The first kappa shape index (κ1) is 20.8. The molecule has 0 radical (unpaired) electrons. The Morgan fingerprint density at radius 1 is 1.04 bits per heavy atom. The molecule has 3 nitrogen and oxygen atoms in total. The first-order valence-electron chi connectivity index (χ1n) is 8.39. The third kappa shape index (κ3) is 5.31. The Hall–Kier alpha value is -1.95. The topological polar surface area (TPSA) is 30.5 Å². The van der Waals surface area contributed by atoms with Gasteiger partial charge in [-0.1, -0.05) is 29.3 Å². The zero-order valence-corrected chi connectivity index (χ0v) is 18.0. The number of benzene rings is 3. The third-order valence-corrected chi connectivity index (χ3v) is 5.21. The number of nitrogens with one attached hydrogen (secondary N) is 1. The number of rotatable bonds is 7. The normalized spacial score (nSPS) is 10.6. The predicted octanol–water partition coefficient (Wildman–Crippen LogP) is 7.09. The number of ether oxygens (including phenoxy) is 2. The minimum Gasteiger partial charge on any atom is -0.493 e. The molecular formula is C21H17BrCl2FNO2. The Labute approximate surface area is 181 Å². The Kier molecular flexibility index (Phi) is 7.05. The molecule has 0 aliphatic rings. The Bertz CT molecular complexity index is 967. The summed E-state index contributed by atoms with van der Waals surface area (Å²) in [6, 6.07) is 15.6. The standard InChI is InChI=1S/C21H17BrCl2FNO2/c1-27-20-9-13(11-26-17-6-3-15(23)4-7-17)8-18(22)21(20)28-12-14-2-5-16(25)10-19(14)24/h2-10,26H,11-12H2,1H3. The largest absolute Gasteiger partial charge is 0.493 e. The van der Waals surface area contributed by atoms with Crippen LogP contribution in [0, 0.1) is 5.82 Å². The quantitative estimate of drug-likeness (QED) is 0.388. The molecule has 0 saturated heterocycles. The van der Waals surface area contributed by atoms with E-state index in [9.17, 15) is 4.39 Å². The van der Waals surface area contributed by atoms with Crippen molar-refractivity contribution in [1.29, 1.82) is 0 Å². The fourth-order valence-electron chi connectivity index (χ4n) is 2.58. The maximum absolute atomic E-state index is 13.2. The van der Waals surface area contributed by atoms with Gasteiger partial charge in [-0.2, -0.15) is 0 Å². The average molecular weight is 485 g/mol. The van der Waals surface area contributed by atoms with Gasteiger partial charge < -0.3 is 14.8 Å². The van der Waals surface area contributed by atoms with Gasteiger partial charge in [0.15, 0.2) is 11.5 Å². The Morgan fingerprint density at radius 2 is 1.79 bits per heavy atom. The molecule has 0 amide bonds. The number of hydrogen-bond donors (Lipinski definition) is 1. The summed E-state index contributed by atoms with van der Waals surface area (Å²) >= 11 is 15.5. The van der Waals surface area contributed by atoms with Crippen molar-refractivity contribution >= 4 is 44.8 Å². The lowest BCUT2D eigenvalue weighted by Gasteiger charge is -2.15. The van der Waals surface area contributed by atoms with Crippen LogP contribution in [-0.2, 0) is 13.2 Å². The van der Waals surface area contributed by atoms with Gasteiger partial charge in [0.05, 0.1) is 16.6 Å². The SMILES string of the molecule is COc1cc(CNc2ccc(Cl)cc2)cc(Br)c1OCc1ccc(F)cc1Cl. The molecule has 0 aliphatic carbocycles. The average Bonchev–Trinajstić information content (AvgIpc) is 2.67. The van der Waals surface area contributed by atoms with E-state index < -0.39 is 0 Å². The van der Waals surface area contributed by atoms with E-state index >= 15 is 0 Å². The van der Waals surface area contributed by atoms with Gasteiger partial charge in [0.1, 0.15) is 12.4 Å². The van der Waals surface area contributed by atoms with Crippen LogP contribution >= 0.6 is 39.1 Å². The van der Waals surface area contributed by atoms with Crippen molar-refractivity contribution < 1.29 is 13.9 Å². The lowest BCUT2D eigenvalue weighted by Crippen LogP contribution is -2.03. The second-order valence-corrected chi connectivity index (χ2v) is 7.69. The van der Waals surface area contributed by atoms with Gasteiger partial charge in [0, 0.05) is 22.8 Å². The molecule has 0 unspecified atom stereocenters. The molecular weight excluding hydrogens is 468 g/mol. The van der Waals surface area contributed by atoms with E-state index in [1.54, 1.807) is 13.2 Å². The van der Waals surface area contributed by atoms with Crippen LogP contribution < -0.4 is 14.8 Å². The zero-order chi connectivity index (χ0) is 20.1. The second-order valence-electron chi connectivity index (χ2n) is 5.99. The summed E-state index contributed by atoms with van der Waals surface area (Å²) in [5.41, 5.74) is 2.65. The molecule has 0 heterocycles. The first-order chi connectivity index (χ1) is 13.5. The van der Waals surface area contributed by atoms with Crippen LogP contribution in [0.2, 0.25) is 10.0 Å². The molecule has 3 rings (SSSR count). The maximum Gasteiger partial charge on any atom is 0.175 e. The Balaban J connectivity index is 1.72. The van der Waals surface area contributed by atoms with Crippen LogP contribution in [0.15, 0.2) is 59.1 Å². The van der Waals surface area contributed by atoms with Crippen LogP contribution in [-0.4, -0.2) is 7.11 Å². The highest BCUT2D eigenvalue weighted by Crippen LogP contribution is 2.37. The molecule has 28 heavy (non-hydrogen) atoms. The third-order valence-electron chi connectivity index (χ3n) is 4.02. The monoisotopic (exact) mass is 483 g/mol. The van der Waals surface area contributed by atoms with E-state index in [-0.39, 0.29) is 12.4 Å². The number of hydrogen-bond acceptors (Lipinski definition) is 3. The van der Waals surface area contributed by atoms with Crippen molar-refractivity contribution in [3.05, 3.63) is 86.1 Å². The molecule has 0 spiro atoms. The molecule has 146 valence electrons. The van der Waals surface area contributed by atoms with Crippen LogP contribution in [0.4, 0.5) is 10.1 Å². The van der Waals surface area contributed by atoms with E-state index in [1.165, 1.54) is 12.1 Å². The van der Waals surface area contributed by atoms with Crippen LogP contribution in [0.25, 0.3) is 0 Å². The number of anilines is 1. The van der Waals surface area contributed by atoms with Gasteiger partial charge >= 0.3 is 0 Å². The lowest BCUT2D eigenvalue weighted by atomic mass is 10.2. The molecule has 0 aliphatic heterocycles. The fourth-order valence-corrected chi connectivity index (χ4v) is 3.53. The molecule has 1 N–H and O–H groups in total. The zero-order valence-electron chi connectivity index (χ0n) is 14.9. The van der Waals surface area contributed by atoms with Gasteiger partial charge in [-0.25, -0.2) is 4.39 Å². The lowest BCUT2D eigenvalue weighted by molar-refractivity contribution is 0.282. The van der Waals surface area contributed by atoms with Crippen molar-refractivity contribution in [2.75, 3.05) is 12.4 Å². The smallest absolute Gasteiger partial charge is 0.175 e. The van der Waals surface area contributed by atoms with Crippen molar-refractivity contribution in [3.63, 3.8) is 0 Å². The van der Waals surface area contributed by atoms with Gasteiger partial charge in [0.25, 0.3) is 0 Å². The van der Waals surface area contributed by atoms with E-state index in [4.69, 9.17) is 32.7 Å². The van der Waals surface area contributed by atoms with E-state index in [0.717, 1.165) is 15.7 Å². The summed E-state index contributed by atoms with van der Waals surface area (Å²) in [5, 5.41) is 4.34. The Morgan fingerprint density at radius 3 is 2.46 bits per heavy atom. The number of halogens is 4. The summed E-state index contributed by atoms with van der Waals surface area (Å²) in [6.07, 6.45) is 0. The maximum atomic E-state index is 13.2. The fraction of sp³-hybridized carbons (Fsp3) is 0.143. The second kappa shape index (κ2) is 9.50. The molecule has 0 atom stereocenters. The van der Waals surface area contributed by atoms with Gasteiger partial charge in [-0.15, -0.1) is 0 Å². The number of methoxy groups -OCH3 is 1. The van der Waals surface area contributed by atoms with Crippen molar-refractivity contribution in [1.82, 2.24) is 0 Å². The minimum absolute atomic E-state index is 0.191. The summed E-state index contributed by atoms with van der Waals surface area (Å²) in [6.45, 7) is 0.789. The van der Waals surface area contributed by atoms with Gasteiger partial charge in [0.2, 0.25) is 0 Å². The summed E-state index contributed by atoms with van der Waals surface area (Å²) in [7, 11) is 1.58. The molecule has 3 aromatic rings. The molecule has 0 bridgehead atoms. The minimum atomic E-state index is -0.384. The highest BCUT2D eigenvalue weighted by molar-refractivity contribution is 9.10. The van der Waals surface area contributed by atoms with Crippen molar-refractivity contribution in [2.45, 2.75) is 13.2 Å².